The van der Waals surface area contributed by atoms with Crippen molar-refractivity contribution in [3.63, 3.8) is 0 Å². The predicted molar refractivity (Wildman–Crippen MR) is 127 cm³/mol. The van der Waals surface area contributed by atoms with Crippen molar-refractivity contribution in [2.24, 2.45) is 0 Å². The minimum absolute atomic E-state index is 0.00621. The molecular formula is C24H23N5O5. The molecule has 0 saturated heterocycles. The van der Waals surface area contributed by atoms with Gasteiger partial charge in [0.1, 0.15) is 11.3 Å². The van der Waals surface area contributed by atoms with E-state index < -0.39 is 9.85 Å². The van der Waals surface area contributed by atoms with Crippen LogP contribution in [-0.4, -0.2) is 24.0 Å². The molecule has 0 aliphatic rings. The van der Waals surface area contributed by atoms with E-state index in [-0.39, 0.29) is 23.5 Å². The maximum atomic E-state index is 13.5. The number of nitro groups is 2. The third-order valence-electron chi connectivity index (χ3n) is 5.69. The van der Waals surface area contributed by atoms with Crippen molar-refractivity contribution in [2.45, 2.75) is 39.3 Å². The van der Waals surface area contributed by atoms with E-state index in [1.54, 1.807) is 41.1 Å². The number of aryl methyl sites for hydroxylation is 1. The van der Waals surface area contributed by atoms with Crippen LogP contribution in [0.2, 0.25) is 0 Å². The molecule has 0 radical (unpaired) electrons. The molecule has 0 aliphatic heterocycles. The molecule has 2 aromatic heterocycles. The number of aromatic nitrogens is 3. The van der Waals surface area contributed by atoms with Gasteiger partial charge in [0, 0.05) is 43.4 Å². The number of fused-ring (bicyclic) bond motifs is 1. The highest BCUT2D eigenvalue weighted by Gasteiger charge is 2.16. The van der Waals surface area contributed by atoms with Crippen LogP contribution in [0.15, 0.2) is 65.6 Å². The maximum absolute atomic E-state index is 13.5. The van der Waals surface area contributed by atoms with Crippen molar-refractivity contribution >= 4 is 22.4 Å². The molecule has 10 nitrogen and oxygen atoms in total. The normalized spacial score (nSPS) is 11.1. The minimum Gasteiger partial charge on any atom is -0.319 e. The average Bonchev–Trinajstić information content (AvgIpc) is 3.18. The summed E-state index contributed by atoms with van der Waals surface area (Å²) in [5.41, 5.74) is 2.44. The van der Waals surface area contributed by atoms with Crippen LogP contribution in [0.3, 0.4) is 0 Å². The predicted octanol–water partition coefficient (Wildman–Crippen LogP) is 4.45. The Kier molecular flexibility index (Phi) is 6.48. The summed E-state index contributed by atoms with van der Waals surface area (Å²) < 4.78 is 3.45. The highest BCUT2D eigenvalue weighted by molar-refractivity contribution is 5.75. The molecular weight excluding hydrogens is 438 g/mol. The van der Waals surface area contributed by atoms with Gasteiger partial charge < -0.3 is 9.13 Å². The first-order valence-corrected chi connectivity index (χ1v) is 10.9. The fourth-order valence-corrected chi connectivity index (χ4v) is 3.87. The number of rotatable bonds is 9. The smallest absolute Gasteiger partial charge is 0.277 e. The van der Waals surface area contributed by atoms with Crippen LogP contribution in [0, 0.1) is 20.2 Å². The summed E-state index contributed by atoms with van der Waals surface area (Å²) in [5.74, 6) is 0.792. The molecule has 0 amide bonds. The molecule has 0 spiro atoms. The summed E-state index contributed by atoms with van der Waals surface area (Å²) in [6.45, 7) is 2.71. The lowest BCUT2D eigenvalue weighted by Gasteiger charge is -2.11. The number of unbranched alkanes of at least 4 members (excludes halogenated alkanes) is 1. The second-order valence-electron chi connectivity index (χ2n) is 8.05. The number of benzene rings is 2. The third-order valence-corrected chi connectivity index (χ3v) is 5.69. The van der Waals surface area contributed by atoms with Crippen LogP contribution in [-0.2, 0) is 19.5 Å². The van der Waals surface area contributed by atoms with E-state index in [4.69, 9.17) is 4.98 Å². The Labute approximate surface area is 194 Å². The van der Waals surface area contributed by atoms with E-state index in [0.29, 0.717) is 24.0 Å². The molecule has 2 aromatic carbocycles. The second-order valence-corrected chi connectivity index (χ2v) is 8.05. The van der Waals surface area contributed by atoms with Gasteiger partial charge in [-0.3, -0.25) is 25.0 Å². The van der Waals surface area contributed by atoms with Gasteiger partial charge in [-0.05, 0) is 23.6 Å². The van der Waals surface area contributed by atoms with Crippen molar-refractivity contribution in [1.82, 2.24) is 14.1 Å². The van der Waals surface area contributed by atoms with E-state index in [0.717, 1.165) is 29.8 Å². The SMILES string of the molecule is CCCCc1nc2ccn(Cc3ccc([N+](=O)[O-])cc3)c(=O)c2n1Cc1ccc([N+](=O)[O-])cc1. The molecule has 0 unspecified atom stereocenters. The summed E-state index contributed by atoms with van der Waals surface area (Å²) in [6.07, 6.45) is 4.28. The van der Waals surface area contributed by atoms with Crippen LogP contribution < -0.4 is 5.56 Å². The lowest BCUT2D eigenvalue weighted by Crippen LogP contribution is -2.22. The third kappa shape index (κ3) is 4.70. The number of non-ortho nitro benzene ring substituents is 2. The molecule has 4 aromatic rings. The standard InChI is InChI=1S/C24H23N5O5/c1-2-3-4-22-25-21-13-14-26(15-17-5-9-19(10-6-17)28(31)32)24(30)23(21)27(22)16-18-7-11-20(12-8-18)29(33)34/h5-14H,2-4,15-16H2,1H3. The Morgan fingerprint density at radius 2 is 1.41 bits per heavy atom. The van der Waals surface area contributed by atoms with Crippen molar-refractivity contribution in [3.8, 4) is 0 Å². The lowest BCUT2D eigenvalue weighted by atomic mass is 10.2. The summed E-state index contributed by atoms with van der Waals surface area (Å²) in [5, 5.41) is 21.9. The number of imidazole rings is 1. The number of hydrogen-bond donors (Lipinski definition) is 0. The van der Waals surface area contributed by atoms with E-state index in [9.17, 15) is 25.0 Å². The van der Waals surface area contributed by atoms with Gasteiger partial charge in [-0.2, -0.15) is 0 Å². The van der Waals surface area contributed by atoms with E-state index in [1.807, 2.05) is 4.57 Å². The van der Waals surface area contributed by atoms with Gasteiger partial charge in [0.05, 0.1) is 21.9 Å². The largest absolute Gasteiger partial charge is 0.319 e. The molecule has 0 saturated carbocycles. The van der Waals surface area contributed by atoms with Gasteiger partial charge in [0.2, 0.25) is 0 Å². The zero-order valence-corrected chi connectivity index (χ0v) is 18.6. The summed E-state index contributed by atoms with van der Waals surface area (Å²) in [4.78, 5) is 39.1. The molecule has 34 heavy (non-hydrogen) atoms. The van der Waals surface area contributed by atoms with E-state index >= 15 is 0 Å². The zero-order valence-electron chi connectivity index (χ0n) is 18.6. The topological polar surface area (TPSA) is 126 Å². The van der Waals surface area contributed by atoms with Crippen molar-refractivity contribution < 1.29 is 9.85 Å². The Balaban J connectivity index is 1.73. The maximum Gasteiger partial charge on any atom is 0.277 e. The highest BCUT2D eigenvalue weighted by atomic mass is 16.6. The summed E-state index contributed by atoms with van der Waals surface area (Å²) in [7, 11) is 0. The van der Waals surface area contributed by atoms with Crippen LogP contribution in [0.5, 0.6) is 0 Å². The molecule has 4 rings (SSSR count). The molecule has 2 heterocycles. The Bertz CT molecular complexity index is 1400. The van der Waals surface area contributed by atoms with Gasteiger partial charge in [0.15, 0.2) is 0 Å². The Hall–Kier alpha value is -4.34. The fourth-order valence-electron chi connectivity index (χ4n) is 3.87. The zero-order chi connectivity index (χ0) is 24.2. The van der Waals surface area contributed by atoms with Crippen molar-refractivity contribution in [3.05, 3.63) is 108 Å². The average molecular weight is 461 g/mol. The monoisotopic (exact) mass is 461 g/mol. The lowest BCUT2D eigenvalue weighted by molar-refractivity contribution is -0.385. The first-order valence-electron chi connectivity index (χ1n) is 10.9. The minimum atomic E-state index is -0.462. The first kappa shape index (κ1) is 22.8. The molecule has 0 fully saturated rings. The Morgan fingerprint density at radius 3 is 1.94 bits per heavy atom. The number of hydrogen-bond acceptors (Lipinski definition) is 6. The summed E-state index contributed by atoms with van der Waals surface area (Å²) in [6, 6.07) is 14.2. The van der Waals surface area contributed by atoms with Gasteiger partial charge in [-0.25, -0.2) is 4.98 Å². The molecule has 0 aliphatic carbocycles. The van der Waals surface area contributed by atoms with Crippen molar-refractivity contribution in [1.29, 1.82) is 0 Å². The molecule has 0 atom stereocenters. The fraction of sp³-hybridized carbons (Fsp3) is 0.250. The van der Waals surface area contributed by atoms with Crippen LogP contribution in [0.1, 0.15) is 36.7 Å². The Morgan fingerprint density at radius 1 is 0.853 bits per heavy atom. The van der Waals surface area contributed by atoms with Crippen LogP contribution >= 0.6 is 0 Å². The van der Waals surface area contributed by atoms with E-state index in [1.165, 1.54) is 24.3 Å². The number of pyridine rings is 1. The number of nitro benzene ring substituents is 2. The number of nitrogens with zero attached hydrogens (tertiary/aromatic N) is 5. The molecule has 0 bridgehead atoms. The second kappa shape index (κ2) is 9.65. The van der Waals surface area contributed by atoms with Gasteiger partial charge in [0.25, 0.3) is 16.9 Å². The quantitative estimate of drug-likeness (QED) is 0.268. The van der Waals surface area contributed by atoms with Crippen LogP contribution in [0.4, 0.5) is 11.4 Å². The first-order chi connectivity index (χ1) is 16.4. The molecule has 174 valence electrons. The van der Waals surface area contributed by atoms with Gasteiger partial charge in [-0.15, -0.1) is 0 Å². The summed E-state index contributed by atoms with van der Waals surface area (Å²) >= 11 is 0. The molecule has 10 heteroatoms. The van der Waals surface area contributed by atoms with Gasteiger partial charge >= 0.3 is 0 Å². The van der Waals surface area contributed by atoms with Crippen LogP contribution in [0.25, 0.3) is 11.0 Å². The molecule has 0 N–H and O–H groups in total. The van der Waals surface area contributed by atoms with Crippen molar-refractivity contribution in [2.75, 3.05) is 0 Å². The highest BCUT2D eigenvalue weighted by Crippen LogP contribution is 2.19. The van der Waals surface area contributed by atoms with Gasteiger partial charge in [-0.1, -0.05) is 37.6 Å². The van der Waals surface area contributed by atoms with E-state index in [2.05, 4.69) is 6.92 Å².